The van der Waals surface area contributed by atoms with E-state index in [1.807, 2.05) is 0 Å². The van der Waals surface area contributed by atoms with Crippen LogP contribution in [0.15, 0.2) is 71.6 Å². The van der Waals surface area contributed by atoms with E-state index in [2.05, 4.69) is 112 Å². The molecule has 2 unspecified atom stereocenters. The fourth-order valence-corrected chi connectivity index (χ4v) is 16.6. The minimum absolute atomic E-state index is 0. The first-order valence-corrected chi connectivity index (χ1v) is 22.2. The molecular weight excluding hydrogens is 783 g/mol. The Morgan fingerprint density at radius 3 is 1.56 bits per heavy atom. The van der Waals surface area contributed by atoms with Crippen molar-refractivity contribution in [3.8, 4) is 0 Å². The number of alkyl halides is 2. The van der Waals surface area contributed by atoms with Crippen LogP contribution in [0.3, 0.4) is 0 Å². The van der Waals surface area contributed by atoms with Gasteiger partial charge in [-0.25, -0.2) is 0 Å². The van der Waals surface area contributed by atoms with Gasteiger partial charge in [0, 0.05) is 43.9 Å². The SMILES string of the molecule is Cc1cc(C)c(N2CCN(c3c(C)cc(C)cc3C)C2=C2CCC(Cl)(P(C3CCCCC3)C3CCCCC3)C(=Cc3ccccc3)C2Cl)c(C)c1.[Ru]. The van der Waals surface area contributed by atoms with E-state index in [0.29, 0.717) is 0 Å². The third kappa shape index (κ3) is 7.88. The summed E-state index contributed by atoms with van der Waals surface area (Å²) < 4.78 is -0.398. The first-order valence-electron chi connectivity index (χ1n) is 19.9. The van der Waals surface area contributed by atoms with Crippen molar-refractivity contribution in [2.75, 3.05) is 22.9 Å². The number of hydrogen-bond acceptors (Lipinski definition) is 2. The van der Waals surface area contributed by atoms with Crippen LogP contribution in [-0.4, -0.2) is 34.4 Å². The maximum atomic E-state index is 8.46. The van der Waals surface area contributed by atoms with Gasteiger partial charge in [0.15, 0.2) is 0 Å². The third-order valence-electron chi connectivity index (χ3n) is 12.4. The molecule has 3 aromatic carbocycles. The first-order chi connectivity index (χ1) is 24.6. The Bertz CT molecular complexity index is 1660. The molecule has 0 aromatic heterocycles. The van der Waals surface area contributed by atoms with Crippen molar-refractivity contribution in [2.45, 2.75) is 140 Å². The van der Waals surface area contributed by atoms with E-state index in [0.717, 1.165) is 37.2 Å². The van der Waals surface area contributed by atoms with E-state index >= 15 is 0 Å². The number of benzene rings is 3. The fraction of sp³-hybridized carbons (Fsp3) is 0.522. The Balaban J connectivity index is 0.00000464. The van der Waals surface area contributed by atoms with Gasteiger partial charge in [-0.1, -0.05) is 118 Å². The Morgan fingerprint density at radius 2 is 1.12 bits per heavy atom. The minimum Gasteiger partial charge on any atom is -0.325 e. The normalized spacial score (nSPS) is 24.2. The molecule has 0 bridgehead atoms. The third-order valence-corrected chi connectivity index (χ3v) is 17.8. The molecule has 4 fully saturated rings. The summed E-state index contributed by atoms with van der Waals surface area (Å²) in [6.07, 6.45) is 17.9. The molecule has 3 saturated carbocycles. The smallest absolute Gasteiger partial charge is 0.114 e. The van der Waals surface area contributed by atoms with Crippen LogP contribution in [0.25, 0.3) is 6.08 Å². The van der Waals surface area contributed by atoms with Gasteiger partial charge in [0.05, 0.1) is 9.99 Å². The molecular formula is C46H59Cl2N2PRu. The molecule has 0 N–H and O–H groups in total. The summed E-state index contributed by atoms with van der Waals surface area (Å²) in [6, 6.07) is 20.3. The summed E-state index contributed by atoms with van der Waals surface area (Å²) in [7, 11) is -0.465. The van der Waals surface area contributed by atoms with E-state index < -0.39 is 12.5 Å². The number of allylic oxidation sites excluding steroid dienone is 2. The minimum atomic E-state index is -0.465. The van der Waals surface area contributed by atoms with Crippen LogP contribution in [0.1, 0.15) is 116 Å². The molecule has 280 valence electrons. The van der Waals surface area contributed by atoms with Gasteiger partial charge >= 0.3 is 0 Å². The zero-order chi connectivity index (χ0) is 35.9. The van der Waals surface area contributed by atoms with Crippen molar-refractivity contribution in [1.82, 2.24) is 0 Å². The van der Waals surface area contributed by atoms with E-state index in [1.165, 1.54) is 131 Å². The first kappa shape index (κ1) is 40.0. The molecule has 0 radical (unpaired) electrons. The van der Waals surface area contributed by atoms with Crippen molar-refractivity contribution in [3.63, 3.8) is 0 Å². The summed E-state index contributed by atoms with van der Waals surface area (Å²) in [4.78, 5) is 5.25. The van der Waals surface area contributed by atoms with Crippen molar-refractivity contribution >= 4 is 48.6 Å². The average Bonchev–Trinajstić information content (AvgIpc) is 3.50. The fourth-order valence-electron chi connectivity index (χ4n) is 10.5. The summed E-state index contributed by atoms with van der Waals surface area (Å²) in [5.41, 5.74) is 15.9. The van der Waals surface area contributed by atoms with E-state index in [4.69, 9.17) is 23.2 Å². The predicted octanol–water partition coefficient (Wildman–Crippen LogP) is 13.6. The van der Waals surface area contributed by atoms with E-state index in [1.54, 1.807) is 0 Å². The molecule has 1 heterocycles. The second kappa shape index (κ2) is 17.0. The summed E-state index contributed by atoms with van der Waals surface area (Å²) in [5.74, 6) is 1.29. The molecule has 0 spiro atoms. The number of rotatable bonds is 6. The van der Waals surface area contributed by atoms with E-state index in [9.17, 15) is 0 Å². The van der Waals surface area contributed by atoms with Crippen LogP contribution in [0.2, 0.25) is 0 Å². The topological polar surface area (TPSA) is 6.48 Å². The second-order valence-corrected chi connectivity index (χ2v) is 20.7. The maximum Gasteiger partial charge on any atom is 0.114 e. The van der Waals surface area contributed by atoms with E-state index in [-0.39, 0.29) is 24.9 Å². The number of anilines is 2. The quantitative estimate of drug-likeness (QED) is 0.139. The molecule has 2 nitrogen and oxygen atoms in total. The van der Waals surface area contributed by atoms with Gasteiger partial charge in [0.25, 0.3) is 0 Å². The Kier molecular flexibility index (Phi) is 13.1. The summed E-state index contributed by atoms with van der Waals surface area (Å²) in [5, 5.41) is -0.274. The maximum absolute atomic E-state index is 8.46. The van der Waals surface area contributed by atoms with Crippen LogP contribution >= 0.6 is 31.1 Å². The number of halogens is 2. The van der Waals surface area contributed by atoms with Gasteiger partial charge in [0.1, 0.15) is 5.82 Å². The van der Waals surface area contributed by atoms with Crippen LogP contribution in [0, 0.1) is 41.5 Å². The van der Waals surface area contributed by atoms with Gasteiger partial charge in [-0.2, -0.15) is 0 Å². The standard InChI is InChI=1S/C46H59Cl2N2P.Ru/c1-31-26-33(3)43(34(4)27-31)49-24-25-50(44-35(5)28-32(2)29-36(44)6)45(49)40-22-23-46(48,41(42(40)47)30-37-16-10-7-11-17-37)51(38-18-12-8-13-19-38)39-20-14-9-15-21-39;/h7,10-11,16-17,26-30,38-39,42H,8-9,12-15,18-25H2,1-6H3;. The van der Waals surface area contributed by atoms with Gasteiger partial charge in [-0.3, -0.25) is 0 Å². The molecule has 2 atom stereocenters. The van der Waals surface area contributed by atoms with Gasteiger partial charge in [-0.15, -0.1) is 23.2 Å². The van der Waals surface area contributed by atoms with Crippen molar-refractivity contribution in [3.05, 3.63) is 111 Å². The molecule has 1 saturated heterocycles. The molecule has 7 rings (SSSR count). The number of nitrogens with zero attached hydrogens (tertiary/aromatic N) is 2. The molecule has 52 heavy (non-hydrogen) atoms. The Morgan fingerprint density at radius 1 is 0.673 bits per heavy atom. The summed E-state index contributed by atoms with van der Waals surface area (Å²) in [6.45, 7) is 15.4. The average molecular weight is 843 g/mol. The van der Waals surface area contributed by atoms with Crippen LogP contribution in [-0.2, 0) is 19.5 Å². The second-order valence-electron chi connectivity index (χ2n) is 16.3. The molecule has 1 aliphatic heterocycles. The van der Waals surface area contributed by atoms with Gasteiger partial charge in [-0.05, 0) is 130 Å². The molecule has 3 aliphatic carbocycles. The molecule has 0 amide bonds. The zero-order valence-corrected chi connectivity index (χ0v) is 36.5. The van der Waals surface area contributed by atoms with Crippen molar-refractivity contribution < 1.29 is 19.5 Å². The van der Waals surface area contributed by atoms with Crippen LogP contribution < -0.4 is 9.80 Å². The molecule has 6 heteroatoms. The zero-order valence-electron chi connectivity index (χ0n) is 32.4. The van der Waals surface area contributed by atoms with Crippen LogP contribution in [0.5, 0.6) is 0 Å². The largest absolute Gasteiger partial charge is 0.325 e. The summed E-state index contributed by atoms with van der Waals surface area (Å²) >= 11 is 16.6. The number of hydrogen-bond donors (Lipinski definition) is 0. The van der Waals surface area contributed by atoms with Crippen molar-refractivity contribution in [2.24, 2.45) is 0 Å². The van der Waals surface area contributed by atoms with Crippen molar-refractivity contribution in [1.29, 1.82) is 0 Å². The molecule has 3 aromatic rings. The van der Waals surface area contributed by atoms with Gasteiger partial charge < -0.3 is 9.80 Å². The molecule has 4 aliphatic rings. The Hall–Kier alpha value is -1.63. The monoisotopic (exact) mass is 842 g/mol. The predicted molar refractivity (Wildman–Crippen MR) is 226 cm³/mol. The van der Waals surface area contributed by atoms with Gasteiger partial charge in [0.2, 0.25) is 0 Å². The van der Waals surface area contributed by atoms with Crippen LogP contribution in [0.4, 0.5) is 11.4 Å². The number of aryl methyl sites for hydroxylation is 6. The Labute approximate surface area is 339 Å².